The number of methoxy groups -OCH3 is 1. The molecule has 28 heavy (non-hydrogen) atoms. The van der Waals surface area contributed by atoms with Crippen LogP contribution >= 0.6 is 22.6 Å². The van der Waals surface area contributed by atoms with Crippen molar-refractivity contribution >= 4 is 22.6 Å². The SMILES string of the molecule is CCCCCCCCCCCC[C@@H](OCOC)[C@H]1CC[C@H](C(O)C/C=C/I)O1. The quantitative estimate of drug-likeness (QED) is 0.129. The maximum absolute atomic E-state index is 10.3. The van der Waals surface area contributed by atoms with E-state index < -0.39 is 6.10 Å². The highest BCUT2D eigenvalue weighted by molar-refractivity contribution is 14.1. The van der Waals surface area contributed by atoms with E-state index in [4.69, 9.17) is 14.2 Å². The number of rotatable bonds is 18. The monoisotopic (exact) mass is 510 g/mol. The molecule has 0 aliphatic carbocycles. The lowest BCUT2D eigenvalue weighted by molar-refractivity contribution is -0.137. The van der Waals surface area contributed by atoms with Crippen molar-refractivity contribution in [2.45, 2.75) is 121 Å². The molecular weight excluding hydrogens is 467 g/mol. The minimum absolute atomic E-state index is 0.0704. The molecule has 4 nitrogen and oxygen atoms in total. The molecule has 0 aromatic heterocycles. The topological polar surface area (TPSA) is 47.9 Å². The standard InChI is InChI=1S/C23H43IO4/c1-3-4-5-6-7-8-9-10-11-12-15-22(27-19-26-2)23-17-16-21(28-23)20(25)14-13-18-24/h13,18,20-23,25H,3-12,14-17,19H2,1-2H3/b18-13+/t20?,21-,22-,23-/m1/s1. The Morgan fingerprint density at radius 1 is 1.00 bits per heavy atom. The minimum atomic E-state index is -0.420. The fraction of sp³-hybridized carbons (Fsp3) is 0.913. The summed E-state index contributed by atoms with van der Waals surface area (Å²) >= 11 is 2.18. The van der Waals surface area contributed by atoms with Gasteiger partial charge >= 0.3 is 0 Å². The van der Waals surface area contributed by atoms with E-state index in [-0.39, 0.29) is 18.3 Å². The van der Waals surface area contributed by atoms with Gasteiger partial charge in [-0.2, -0.15) is 0 Å². The van der Waals surface area contributed by atoms with Crippen LogP contribution in [0.3, 0.4) is 0 Å². The van der Waals surface area contributed by atoms with Crippen LogP contribution in [0.4, 0.5) is 0 Å². The minimum Gasteiger partial charge on any atom is -0.390 e. The van der Waals surface area contributed by atoms with Crippen LogP contribution in [0, 0.1) is 0 Å². The molecule has 166 valence electrons. The first-order chi connectivity index (χ1) is 13.7. The average molecular weight is 510 g/mol. The second-order valence-electron chi connectivity index (χ2n) is 8.04. The summed E-state index contributed by atoms with van der Waals surface area (Å²) in [7, 11) is 1.66. The summed E-state index contributed by atoms with van der Waals surface area (Å²) < 4.78 is 19.1. The molecule has 1 fully saturated rings. The van der Waals surface area contributed by atoms with Crippen molar-refractivity contribution < 1.29 is 19.3 Å². The maximum atomic E-state index is 10.3. The number of unbranched alkanes of at least 4 members (excludes halogenated alkanes) is 9. The zero-order valence-electron chi connectivity index (χ0n) is 18.1. The van der Waals surface area contributed by atoms with Gasteiger partial charge in [-0.1, -0.05) is 99.8 Å². The van der Waals surface area contributed by atoms with Gasteiger partial charge in [-0.05, 0) is 29.8 Å². The van der Waals surface area contributed by atoms with Crippen molar-refractivity contribution in [2.75, 3.05) is 13.9 Å². The number of aliphatic hydroxyl groups excluding tert-OH is 1. The van der Waals surface area contributed by atoms with Gasteiger partial charge in [0.2, 0.25) is 0 Å². The fourth-order valence-electron chi connectivity index (χ4n) is 3.95. The van der Waals surface area contributed by atoms with E-state index >= 15 is 0 Å². The molecule has 1 unspecified atom stereocenters. The van der Waals surface area contributed by atoms with Crippen LogP contribution < -0.4 is 0 Å². The number of aliphatic hydroxyl groups is 1. The molecule has 1 aliphatic heterocycles. The van der Waals surface area contributed by atoms with Crippen LogP contribution in [0.5, 0.6) is 0 Å². The smallest absolute Gasteiger partial charge is 0.146 e. The Kier molecular flexibility index (Phi) is 17.0. The Morgan fingerprint density at radius 3 is 2.21 bits per heavy atom. The van der Waals surface area contributed by atoms with Gasteiger partial charge in [0, 0.05) is 7.11 Å². The lowest BCUT2D eigenvalue weighted by Gasteiger charge is -2.25. The predicted molar refractivity (Wildman–Crippen MR) is 125 cm³/mol. The summed E-state index contributed by atoms with van der Waals surface area (Å²) in [4.78, 5) is 0. The van der Waals surface area contributed by atoms with E-state index in [1.54, 1.807) is 7.11 Å². The van der Waals surface area contributed by atoms with Gasteiger partial charge in [0.1, 0.15) is 6.79 Å². The van der Waals surface area contributed by atoms with Crippen molar-refractivity contribution in [3.8, 4) is 0 Å². The molecule has 0 spiro atoms. The van der Waals surface area contributed by atoms with Crippen molar-refractivity contribution in [2.24, 2.45) is 0 Å². The summed E-state index contributed by atoms with van der Waals surface area (Å²) in [5.41, 5.74) is 0. The average Bonchev–Trinajstić information content (AvgIpc) is 3.20. The first-order valence-corrected chi connectivity index (χ1v) is 12.7. The van der Waals surface area contributed by atoms with Gasteiger partial charge in [0.05, 0.1) is 24.4 Å². The molecule has 0 saturated carbocycles. The van der Waals surface area contributed by atoms with Crippen LogP contribution in [-0.4, -0.2) is 43.4 Å². The zero-order valence-corrected chi connectivity index (χ0v) is 20.3. The number of hydrogen-bond donors (Lipinski definition) is 1. The summed E-state index contributed by atoms with van der Waals surface area (Å²) in [6.07, 6.45) is 18.6. The van der Waals surface area contributed by atoms with Gasteiger partial charge in [0.25, 0.3) is 0 Å². The van der Waals surface area contributed by atoms with E-state index in [9.17, 15) is 5.11 Å². The largest absolute Gasteiger partial charge is 0.390 e. The lowest BCUT2D eigenvalue weighted by Crippen LogP contribution is -2.33. The molecule has 1 rings (SSSR count). The van der Waals surface area contributed by atoms with Gasteiger partial charge in [-0.15, -0.1) is 0 Å². The normalized spacial score (nSPS) is 22.1. The molecule has 0 bridgehead atoms. The Morgan fingerprint density at radius 2 is 1.61 bits per heavy atom. The van der Waals surface area contributed by atoms with Crippen molar-refractivity contribution in [1.82, 2.24) is 0 Å². The third kappa shape index (κ3) is 12.1. The molecule has 4 atom stereocenters. The van der Waals surface area contributed by atoms with E-state index in [0.29, 0.717) is 13.2 Å². The molecule has 1 saturated heterocycles. The first kappa shape index (κ1) is 26.3. The molecule has 1 N–H and O–H groups in total. The Hall–Kier alpha value is 0.310. The van der Waals surface area contributed by atoms with Crippen LogP contribution in [0.1, 0.15) is 96.8 Å². The Balaban J connectivity index is 2.20. The second kappa shape index (κ2) is 18.1. The summed E-state index contributed by atoms with van der Waals surface area (Å²) in [6.45, 7) is 2.58. The van der Waals surface area contributed by atoms with E-state index in [1.807, 2.05) is 10.2 Å². The summed E-state index contributed by atoms with van der Waals surface area (Å²) in [5, 5.41) is 10.3. The van der Waals surface area contributed by atoms with Crippen molar-refractivity contribution in [3.63, 3.8) is 0 Å². The van der Waals surface area contributed by atoms with Gasteiger partial charge in [-0.3, -0.25) is 0 Å². The number of hydrogen-bond acceptors (Lipinski definition) is 4. The Bertz CT molecular complexity index is 378. The second-order valence-corrected chi connectivity index (χ2v) is 8.76. The third-order valence-electron chi connectivity index (χ3n) is 5.64. The molecule has 0 radical (unpaired) electrons. The Labute approximate surface area is 186 Å². The first-order valence-electron chi connectivity index (χ1n) is 11.4. The van der Waals surface area contributed by atoms with Crippen LogP contribution in [0.15, 0.2) is 10.2 Å². The molecule has 1 heterocycles. The van der Waals surface area contributed by atoms with Gasteiger partial charge in [-0.25, -0.2) is 0 Å². The molecule has 0 amide bonds. The fourth-order valence-corrected chi connectivity index (χ4v) is 4.25. The van der Waals surface area contributed by atoms with E-state index in [2.05, 4.69) is 29.5 Å². The maximum Gasteiger partial charge on any atom is 0.146 e. The highest BCUT2D eigenvalue weighted by Crippen LogP contribution is 2.29. The molecule has 0 aromatic carbocycles. The van der Waals surface area contributed by atoms with Crippen molar-refractivity contribution in [1.29, 1.82) is 0 Å². The van der Waals surface area contributed by atoms with Gasteiger partial charge in [0.15, 0.2) is 0 Å². The summed E-state index contributed by atoms with van der Waals surface area (Å²) in [5.74, 6) is 0. The predicted octanol–water partition coefficient (Wildman–Crippen LogP) is 6.53. The third-order valence-corrected chi connectivity index (χ3v) is 6.15. The van der Waals surface area contributed by atoms with Gasteiger partial charge < -0.3 is 19.3 Å². The summed E-state index contributed by atoms with van der Waals surface area (Å²) in [6, 6.07) is 0. The lowest BCUT2D eigenvalue weighted by atomic mass is 10.0. The highest BCUT2D eigenvalue weighted by Gasteiger charge is 2.35. The molecular formula is C23H43IO4. The van der Waals surface area contributed by atoms with E-state index in [1.165, 1.54) is 64.2 Å². The van der Waals surface area contributed by atoms with Crippen LogP contribution in [-0.2, 0) is 14.2 Å². The highest BCUT2D eigenvalue weighted by atomic mass is 127. The van der Waals surface area contributed by atoms with Crippen LogP contribution in [0.25, 0.3) is 0 Å². The number of ether oxygens (including phenoxy) is 3. The number of halogens is 1. The van der Waals surface area contributed by atoms with E-state index in [0.717, 1.165) is 19.3 Å². The van der Waals surface area contributed by atoms with Crippen molar-refractivity contribution in [3.05, 3.63) is 10.2 Å². The zero-order chi connectivity index (χ0) is 20.5. The molecule has 5 heteroatoms. The molecule has 0 aromatic rings. The molecule has 1 aliphatic rings. The van der Waals surface area contributed by atoms with Crippen LogP contribution in [0.2, 0.25) is 0 Å².